The van der Waals surface area contributed by atoms with Crippen LogP contribution in [0.3, 0.4) is 0 Å². The number of phenols is 1. The zero-order valence-corrected chi connectivity index (χ0v) is 16.6. The number of hydrogen-bond acceptors (Lipinski definition) is 7. The fourth-order valence-corrected chi connectivity index (χ4v) is 3.13. The molecule has 7 nitrogen and oxygen atoms in total. The second-order valence-corrected chi connectivity index (χ2v) is 7.17. The van der Waals surface area contributed by atoms with Crippen molar-refractivity contribution in [1.29, 1.82) is 0 Å². The number of aromatic nitrogens is 4. The average molecular weight is 423 g/mol. The highest BCUT2D eigenvalue weighted by Gasteiger charge is 2.24. The molecule has 0 saturated heterocycles. The Balaban J connectivity index is 0.00000225. The molecule has 0 bridgehead atoms. The Morgan fingerprint density at radius 1 is 1.28 bits per heavy atom. The van der Waals surface area contributed by atoms with Crippen molar-refractivity contribution in [3.63, 3.8) is 0 Å². The van der Waals surface area contributed by atoms with Crippen LogP contribution >= 0.6 is 28.3 Å². The molecule has 2 heterocycles. The number of hydrogen-bond donors (Lipinski definition) is 2. The smallest absolute Gasteiger partial charge is 0.205 e. The molecule has 0 aliphatic rings. The summed E-state index contributed by atoms with van der Waals surface area (Å²) >= 11 is 1.45. The summed E-state index contributed by atoms with van der Waals surface area (Å²) in [6.07, 6.45) is 4.70. The van der Waals surface area contributed by atoms with Gasteiger partial charge in [0, 0.05) is 11.0 Å². The molecule has 9 heteroatoms. The van der Waals surface area contributed by atoms with Gasteiger partial charge in [-0.15, -0.1) is 17.0 Å². The van der Waals surface area contributed by atoms with Gasteiger partial charge in [0.2, 0.25) is 5.13 Å². The fraction of sp³-hybridized carbons (Fsp3) is 0.250. The number of benzene rings is 1. The van der Waals surface area contributed by atoms with Gasteiger partial charge in [0.15, 0.2) is 0 Å². The van der Waals surface area contributed by atoms with Gasteiger partial charge in [-0.25, -0.2) is 14.6 Å². The van der Waals surface area contributed by atoms with Crippen molar-refractivity contribution in [1.82, 2.24) is 19.7 Å². The minimum Gasteiger partial charge on any atom is -0.507 e. The SMILES string of the molecule is Br.CC(C)(C)c1nc(N/N=C/c2ccccc2O)sc1-n1cncn1. The summed E-state index contributed by atoms with van der Waals surface area (Å²) in [7, 11) is 0. The molecule has 132 valence electrons. The van der Waals surface area contributed by atoms with E-state index >= 15 is 0 Å². The van der Waals surface area contributed by atoms with Crippen LogP contribution in [0.4, 0.5) is 5.13 Å². The lowest BCUT2D eigenvalue weighted by molar-refractivity contribution is 0.474. The molecule has 2 aromatic heterocycles. The van der Waals surface area contributed by atoms with Crippen LogP contribution in [0.25, 0.3) is 5.00 Å². The number of para-hydroxylation sites is 1. The molecule has 0 amide bonds. The lowest BCUT2D eigenvalue weighted by Crippen LogP contribution is -2.15. The summed E-state index contributed by atoms with van der Waals surface area (Å²) in [5.41, 5.74) is 4.33. The number of aromatic hydroxyl groups is 1. The van der Waals surface area contributed by atoms with Crippen LogP contribution in [-0.4, -0.2) is 31.1 Å². The van der Waals surface area contributed by atoms with Gasteiger partial charge in [-0.1, -0.05) is 44.2 Å². The first-order chi connectivity index (χ1) is 11.4. The number of thiazole rings is 1. The number of halogens is 1. The topological polar surface area (TPSA) is 88.2 Å². The summed E-state index contributed by atoms with van der Waals surface area (Å²) in [5.74, 6) is 0.181. The van der Waals surface area contributed by atoms with E-state index in [-0.39, 0.29) is 28.1 Å². The van der Waals surface area contributed by atoms with Crippen LogP contribution < -0.4 is 5.43 Å². The zero-order valence-electron chi connectivity index (χ0n) is 14.0. The summed E-state index contributed by atoms with van der Waals surface area (Å²) in [4.78, 5) is 8.63. The van der Waals surface area contributed by atoms with Gasteiger partial charge in [0.25, 0.3) is 0 Å². The van der Waals surface area contributed by atoms with E-state index in [4.69, 9.17) is 0 Å². The lowest BCUT2D eigenvalue weighted by Gasteiger charge is -2.16. The molecule has 0 fully saturated rings. The standard InChI is InChI=1S/C16H18N6OS.BrH/c1-16(2,3)13-14(22-10-17-9-19-22)24-15(20-13)21-18-8-11-6-4-5-7-12(11)23;/h4-10,23H,1-3H3,(H,20,21);1H/b18-8+;. The number of phenolic OH excluding ortho intramolecular Hbond substituents is 1. The van der Waals surface area contributed by atoms with Crippen molar-refractivity contribution in [3.8, 4) is 10.8 Å². The molecule has 2 N–H and O–H groups in total. The van der Waals surface area contributed by atoms with E-state index in [1.54, 1.807) is 35.4 Å². The molecule has 1 aromatic carbocycles. The van der Waals surface area contributed by atoms with Gasteiger partial charge in [-0.05, 0) is 12.1 Å². The summed E-state index contributed by atoms with van der Waals surface area (Å²) < 4.78 is 1.70. The van der Waals surface area contributed by atoms with Crippen molar-refractivity contribution in [2.24, 2.45) is 5.10 Å². The van der Waals surface area contributed by atoms with Crippen LogP contribution in [0.2, 0.25) is 0 Å². The Bertz CT molecular complexity index is 854. The number of anilines is 1. The molecule has 0 spiro atoms. The van der Waals surface area contributed by atoms with Crippen molar-refractivity contribution in [2.75, 3.05) is 5.43 Å². The minimum atomic E-state index is -0.140. The first-order valence-electron chi connectivity index (χ1n) is 7.38. The van der Waals surface area contributed by atoms with Crippen molar-refractivity contribution >= 4 is 39.7 Å². The first-order valence-corrected chi connectivity index (χ1v) is 8.20. The third-order valence-electron chi connectivity index (χ3n) is 3.25. The molecule has 0 atom stereocenters. The van der Waals surface area contributed by atoms with Crippen LogP contribution in [0.1, 0.15) is 32.0 Å². The van der Waals surface area contributed by atoms with Gasteiger partial charge in [-0.2, -0.15) is 10.2 Å². The molecule has 0 radical (unpaired) electrons. The Labute approximate surface area is 160 Å². The number of nitrogens with one attached hydrogen (secondary N) is 1. The molecule has 0 aliphatic carbocycles. The maximum atomic E-state index is 9.74. The molecule has 3 rings (SSSR count). The lowest BCUT2D eigenvalue weighted by atomic mass is 9.92. The number of hydrazone groups is 1. The van der Waals surface area contributed by atoms with Crippen LogP contribution in [0, 0.1) is 0 Å². The Hall–Kier alpha value is -2.26. The third kappa shape index (κ3) is 4.43. The normalized spacial score (nSPS) is 11.5. The summed E-state index contributed by atoms with van der Waals surface area (Å²) in [6, 6.07) is 7.00. The molecular formula is C16H19BrN6OS. The number of nitrogens with zero attached hydrogens (tertiary/aromatic N) is 5. The van der Waals surface area contributed by atoms with Crippen molar-refractivity contribution in [3.05, 3.63) is 48.2 Å². The van der Waals surface area contributed by atoms with E-state index < -0.39 is 0 Å². The molecular weight excluding hydrogens is 404 g/mol. The Morgan fingerprint density at radius 3 is 2.68 bits per heavy atom. The molecule has 0 saturated carbocycles. The quantitative estimate of drug-likeness (QED) is 0.493. The van der Waals surface area contributed by atoms with E-state index in [1.165, 1.54) is 17.7 Å². The maximum absolute atomic E-state index is 9.74. The van der Waals surface area contributed by atoms with Crippen LogP contribution in [0.15, 0.2) is 42.0 Å². The zero-order chi connectivity index (χ0) is 17.2. The van der Waals surface area contributed by atoms with Gasteiger partial charge in [0.05, 0.1) is 11.9 Å². The highest BCUT2D eigenvalue weighted by atomic mass is 79.9. The highest BCUT2D eigenvalue weighted by Crippen LogP contribution is 2.34. The first kappa shape index (κ1) is 19.1. The molecule has 25 heavy (non-hydrogen) atoms. The third-order valence-corrected chi connectivity index (χ3v) is 4.20. The van der Waals surface area contributed by atoms with Gasteiger partial charge in [0.1, 0.15) is 23.4 Å². The second kappa shape index (κ2) is 7.75. The summed E-state index contributed by atoms with van der Waals surface area (Å²) in [5, 5.41) is 19.6. The average Bonchev–Trinajstić information content (AvgIpc) is 3.17. The van der Waals surface area contributed by atoms with Crippen LogP contribution in [-0.2, 0) is 5.41 Å². The molecule has 0 unspecified atom stereocenters. The van der Waals surface area contributed by atoms with Crippen molar-refractivity contribution < 1.29 is 5.11 Å². The second-order valence-electron chi connectivity index (χ2n) is 6.19. The van der Waals surface area contributed by atoms with Crippen molar-refractivity contribution in [2.45, 2.75) is 26.2 Å². The summed E-state index contributed by atoms with van der Waals surface area (Å²) in [6.45, 7) is 6.28. The van der Waals surface area contributed by atoms with Gasteiger partial charge >= 0.3 is 0 Å². The minimum absolute atomic E-state index is 0. The molecule has 0 aliphatic heterocycles. The Morgan fingerprint density at radius 2 is 2.04 bits per heavy atom. The van der Waals surface area contributed by atoms with Gasteiger partial charge in [-0.3, -0.25) is 5.43 Å². The van der Waals surface area contributed by atoms with E-state index in [1.807, 2.05) is 6.07 Å². The van der Waals surface area contributed by atoms with Gasteiger partial charge < -0.3 is 5.11 Å². The van der Waals surface area contributed by atoms with E-state index in [2.05, 4.69) is 46.4 Å². The molecule has 3 aromatic rings. The van der Waals surface area contributed by atoms with E-state index in [0.717, 1.165) is 10.7 Å². The van der Waals surface area contributed by atoms with Crippen LogP contribution in [0.5, 0.6) is 5.75 Å². The fourth-order valence-electron chi connectivity index (χ4n) is 2.07. The predicted molar refractivity (Wildman–Crippen MR) is 105 cm³/mol. The number of rotatable bonds is 4. The largest absolute Gasteiger partial charge is 0.507 e. The maximum Gasteiger partial charge on any atom is 0.205 e. The monoisotopic (exact) mass is 422 g/mol. The Kier molecular flexibility index (Phi) is 5.91. The highest BCUT2D eigenvalue weighted by molar-refractivity contribution is 8.93. The predicted octanol–water partition coefficient (Wildman–Crippen LogP) is 3.75. The van der Waals surface area contributed by atoms with E-state index in [9.17, 15) is 5.11 Å². The van der Waals surface area contributed by atoms with E-state index in [0.29, 0.717) is 10.7 Å².